The van der Waals surface area contributed by atoms with Crippen molar-refractivity contribution in [2.75, 3.05) is 26.7 Å². The molecule has 0 aromatic rings. The predicted octanol–water partition coefficient (Wildman–Crippen LogP) is -0.844. The van der Waals surface area contributed by atoms with E-state index in [0.29, 0.717) is 12.5 Å². The van der Waals surface area contributed by atoms with E-state index in [1.54, 1.807) is 0 Å². The molecule has 4 nitrogen and oxygen atoms in total. The molecule has 1 atom stereocenters. The van der Waals surface area contributed by atoms with Gasteiger partial charge in [-0.15, -0.1) is 0 Å². The normalized spacial score (nSPS) is 23.3. The first-order chi connectivity index (χ1) is 5.70. The third-order valence-electron chi connectivity index (χ3n) is 2.37. The van der Waals surface area contributed by atoms with Gasteiger partial charge in [0.15, 0.2) is 0 Å². The van der Waals surface area contributed by atoms with Crippen LogP contribution >= 0.6 is 0 Å². The number of carbonyl (C=O) groups excluding carboxylic acids is 1. The lowest BCUT2D eigenvalue weighted by molar-refractivity contribution is -0.118. The van der Waals surface area contributed by atoms with Gasteiger partial charge in [0.2, 0.25) is 5.91 Å². The molecule has 0 saturated carbocycles. The standard InChI is InChI=1S/C8H17N3O/c1-11(5-3-8(9)12)7-2-4-10-6-7/h7,10H,2-6H2,1H3,(H2,9,12). The van der Waals surface area contributed by atoms with Crippen LogP contribution in [0, 0.1) is 0 Å². The summed E-state index contributed by atoms with van der Waals surface area (Å²) >= 11 is 0. The maximum Gasteiger partial charge on any atom is 0.218 e. The van der Waals surface area contributed by atoms with Gasteiger partial charge < -0.3 is 16.0 Å². The highest BCUT2D eigenvalue weighted by Crippen LogP contribution is 2.05. The van der Waals surface area contributed by atoms with Crippen molar-refractivity contribution < 1.29 is 4.79 Å². The first-order valence-corrected chi connectivity index (χ1v) is 4.39. The average Bonchev–Trinajstić information content (AvgIpc) is 2.51. The average molecular weight is 171 g/mol. The fraction of sp³-hybridized carbons (Fsp3) is 0.875. The lowest BCUT2D eigenvalue weighted by Crippen LogP contribution is -2.35. The number of amides is 1. The minimum absolute atomic E-state index is 0.215. The van der Waals surface area contributed by atoms with Crippen molar-refractivity contribution in [2.45, 2.75) is 18.9 Å². The molecule has 1 rings (SSSR count). The summed E-state index contributed by atoms with van der Waals surface area (Å²) in [6.45, 7) is 2.91. The first-order valence-electron chi connectivity index (χ1n) is 4.39. The number of nitrogens with two attached hydrogens (primary N) is 1. The van der Waals surface area contributed by atoms with Crippen molar-refractivity contribution in [1.29, 1.82) is 0 Å². The minimum Gasteiger partial charge on any atom is -0.370 e. The second kappa shape index (κ2) is 4.42. The maximum absolute atomic E-state index is 10.5. The Morgan fingerprint density at radius 3 is 3.00 bits per heavy atom. The Morgan fingerprint density at radius 1 is 1.75 bits per heavy atom. The van der Waals surface area contributed by atoms with Crippen LogP contribution < -0.4 is 11.1 Å². The van der Waals surface area contributed by atoms with Gasteiger partial charge in [-0.2, -0.15) is 0 Å². The van der Waals surface area contributed by atoms with Crippen molar-refractivity contribution in [2.24, 2.45) is 5.73 Å². The van der Waals surface area contributed by atoms with E-state index < -0.39 is 0 Å². The topological polar surface area (TPSA) is 58.4 Å². The molecule has 0 aromatic carbocycles. The number of carbonyl (C=O) groups is 1. The van der Waals surface area contributed by atoms with Crippen molar-refractivity contribution in [1.82, 2.24) is 10.2 Å². The van der Waals surface area contributed by atoms with Crippen molar-refractivity contribution in [3.8, 4) is 0 Å². The van der Waals surface area contributed by atoms with Gasteiger partial charge in [0.25, 0.3) is 0 Å². The summed E-state index contributed by atoms with van der Waals surface area (Å²) in [5.74, 6) is -0.215. The molecule has 1 fully saturated rings. The Kier molecular flexibility index (Phi) is 3.49. The zero-order chi connectivity index (χ0) is 8.97. The predicted molar refractivity (Wildman–Crippen MR) is 47.7 cm³/mol. The van der Waals surface area contributed by atoms with Crippen LogP contribution in [0.4, 0.5) is 0 Å². The summed E-state index contributed by atoms with van der Waals surface area (Å²) < 4.78 is 0. The monoisotopic (exact) mass is 171 g/mol. The maximum atomic E-state index is 10.5. The third-order valence-corrected chi connectivity index (χ3v) is 2.37. The van der Waals surface area contributed by atoms with Crippen LogP contribution in [-0.2, 0) is 4.79 Å². The molecule has 0 aliphatic carbocycles. The summed E-state index contributed by atoms with van der Waals surface area (Å²) in [6.07, 6.45) is 1.64. The molecule has 0 spiro atoms. The van der Waals surface area contributed by atoms with E-state index in [9.17, 15) is 4.79 Å². The van der Waals surface area contributed by atoms with E-state index in [2.05, 4.69) is 10.2 Å². The van der Waals surface area contributed by atoms with E-state index in [4.69, 9.17) is 5.73 Å². The molecule has 4 heteroatoms. The lowest BCUT2D eigenvalue weighted by atomic mass is 10.2. The molecule has 12 heavy (non-hydrogen) atoms. The minimum atomic E-state index is -0.215. The van der Waals surface area contributed by atoms with Gasteiger partial charge in [-0.3, -0.25) is 4.79 Å². The second-order valence-electron chi connectivity index (χ2n) is 3.34. The van der Waals surface area contributed by atoms with Crippen LogP contribution in [0.15, 0.2) is 0 Å². The molecular weight excluding hydrogens is 154 g/mol. The highest BCUT2D eigenvalue weighted by atomic mass is 16.1. The zero-order valence-electron chi connectivity index (χ0n) is 7.55. The van der Waals surface area contributed by atoms with Crippen LogP contribution in [0.5, 0.6) is 0 Å². The number of rotatable bonds is 4. The molecule has 1 amide bonds. The molecule has 0 aromatic heterocycles. The molecule has 1 unspecified atom stereocenters. The van der Waals surface area contributed by atoms with Gasteiger partial charge in [0.1, 0.15) is 0 Å². The summed E-state index contributed by atoms with van der Waals surface area (Å²) in [5.41, 5.74) is 5.06. The highest BCUT2D eigenvalue weighted by Gasteiger charge is 2.18. The van der Waals surface area contributed by atoms with Gasteiger partial charge >= 0.3 is 0 Å². The fourth-order valence-corrected chi connectivity index (χ4v) is 1.48. The molecular formula is C8H17N3O. The van der Waals surface area contributed by atoms with Gasteiger partial charge in [0.05, 0.1) is 0 Å². The number of primary amides is 1. The smallest absolute Gasteiger partial charge is 0.218 e. The number of nitrogens with zero attached hydrogens (tertiary/aromatic N) is 1. The summed E-state index contributed by atoms with van der Waals surface area (Å²) in [7, 11) is 2.04. The lowest BCUT2D eigenvalue weighted by Gasteiger charge is -2.22. The molecule has 1 aliphatic rings. The quantitative estimate of drug-likeness (QED) is 0.579. The second-order valence-corrected chi connectivity index (χ2v) is 3.34. The Labute approximate surface area is 73.1 Å². The van der Waals surface area contributed by atoms with Crippen LogP contribution in [-0.4, -0.2) is 43.5 Å². The SMILES string of the molecule is CN(CCC(N)=O)C1CCNC1. The molecule has 1 heterocycles. The summed E-state index contributed by atoms with van der Waals surface area (Å²) in [5, 5.41) is 3.28. The van der Waals surface area contributed by atoms with Crippen molar-refractivity contribution in [3.05, 3.63) is 0 Å². The molecule has 1 aliphatic heterocycles. The van der Waals surface area contributed by atoms with E-state index in [0.717, 1.165) is 19.6 Å². The number of hydrogen-bond acceptors (Lipinski definition) is 3. The van der Waals surface area contributed by atoms with E-state index >= 15 is 0 Å². The van der Waals surface area contributed by atoms with Crippen molar-refractivity contribution >= 4 is 5.91 Å². The Bertz CT molecular complexity index is 154. The fourth-order valence-electron chi connectivity index (χ4n) is 1.48. The van der Waals surface area contributed by atoms with Crippen LogP contribution in [0.25, 0.3) is 0 Å². The van der Waals surface area contributed by atoms with Crippen LogP contribution in [0.2, 0.25) is 0 Å². The van der Waals surface area contributed by atoms with Crippen LogP contribution in [0.1, 0.15) is 12.8 Å². The molecule has 0 bridgehead atoms. The molecule has 1 saturated heterocycles. The van der Waals surface area contributed by atoms with Gasteiger partial charge in [0, 0.05) is 25.6 Å². The van der Waals surface area contributed by atoms with Gasteiger partial charge in [-0.05, 0) is 20.0 Å². The van der Waals surface area contributed by atoms with E-state index in [1.165, 1.54) is 6.42 Å². The number of hydrogen-bond donors (Lipinski definition) is 2. The van der Waals surface area contributed by atoms with E-state index in [-0.39, 0.29) is 5.91 Å². The largest absolute Gasteiger partial charge is 0.370 e. The van der Waals surface area contributed by atoms with Gasteiger partial charge in [-0.1, -0.05) is 0 Å². The molecule has 0 radical (unpaired) electrons. The summed E-state index contributed by atoms with van der Waals surface area (Å²) in [4.78, 5) is 12.7. The van der Waals surface area contributed by atoms with Gasteiger partial charge in [-0.25, -0.2) is 0 Å². The number of nitrogens with one attached hydrogen (secondary N) is 1. The third kappa shape index (κ3) is 2.79. The Hall–Kier alpha value is -0.610. The number of likely N-dealkylation sites (N-methyl/N-ethyl adjacent to an activating group) is 1. The Balaban J connectivity index is 2.17. The van der Waals surface area contributed by atoms with E-state index in [1.807, 2.05) is 7.05 Å². The highest BCUT2D eigenvalue weighted by molar-refractivity contribution is 5.73. The van der Waals surface area contributed by atoms with Crippen LogP contribution in [0.3, 0.4) is 0 Å². The Morgan fingerprint density at radius 2 is 2.50 bits per heavy atom. The molecule has 3 N–H and O–H groups in total. The zero-order valence-corrected chi connectivity index (χ0v) is 7.55. The molecule has 70 valence electrons. The summed E-state index contributed by atoms with van der Waals surface area (Å²) in [6, 6.07) is 0.587. The van der Waals surface area contributed by atoms with Crippen molar-refractivity contribution in [3.63, 3.8) is 0 Å². The first kappa shape index (κ1) is 9.48.